The molecule has 0 radical (unpaired) electrons. The molecule has 2 aliphatic rings. The zero-order chi connectivity index (χ0) is 14.7. The van der Waals surface area contributed by atoms with Crippen LogP contribution in [0.3, 0.4) is 0 Å². The fourth-order valence-corrected chi connectivity index (χ4v) is 3.08. The third-order valence-electron chi connectivity index (χ3n) is 4.49. The van der Waals surface area contributed by atoms with E-state index in [2.05, 4.69) is 28.1 Å². The Bertz CT molecular complexity index is 465. The Labute approximate surface area is 127 Å². The molecular weight excluding hydrogens is 265 g/mol. The van der Waals surface area contributed by atoms with Gasteiger partial charge in [-0.2, -0.15) is 0 Å². The highest BCUT2D eigenvalue weighted by atomic mass is 19.1. The second-order valence-corrected chi connectivity index (χ2v) is 6.22. The molecule has 1 aliphatic heterocycles. The van der Waals surface area contributed by atoms with Crippen LogP contribution in [0.15, 0.2) is 18.2 Å². The van der Waals surface area contributed by atoms with Crippen molar-refractivity contribution in [2.45, 2.75) is 38.8 Å². The highest BCUT2D eigenvalue weighted by Gasteiger charge is 2.23. The van der Waals surface area contributed by atoms with Gasteiger partial charge in [-0.3, -0.25) is 4.90 Å². The Hall–Kier alpha value is -1.13. The fraction of sp³-hybridized carbons (Fsp3) is 0.647. The number of hydrogen-bond donors (Lipinski definition) is 1. The smallest absolute Gasteiger partial charge is 0.129 e. The van der Waals surface area contributed by atoms with Crippen molar-refractivity contribution in [2.75, 3.05) is 37.6 Å². The molecule has 0 bridgehead atoms. The summed E-state index contributed by atoms with van der Waals surface area (Å²) in [6.07, 6.45) is 3.68. The first-order chi connectivity index (χ1) is 10.3. The lowest BCUT2D eigenvalue weighted by molar-refractivity contribution is 0.258. The van der Waals surface area contributed by atoms with Crippen LogP contribution >= 0.6 is 0 Å². The number of nitrogens with one attached hydrogen (secondary N) is 1. The monoisotopic (exact) mass is 291 g/mol. The first-order valence-electron chi connectivity index (χ1n) is 8.26. The highest BCUT2D eigenvalue weighted by Crippen LogP contribution is 2.26. The van der Waals surface area contributed by atoms with E-state index >= 15 is 0 Å². The molecule has 1 saturated carbocycles. The van der Waals surface area contributed by atoms with Crippen molar-refractivity contribution in [1.29, 1.82) is 0 Å². The van der Waals surface area contributed by atoms with Crippen LogP contribution in [-0.4, -0.2) is 43.7 Å². The van der Waals surface area contributed by atoms with Gasteiger partial charge in [-0.25, -0.2) is 4.39 Å². The standard InChI is InChI=1S/C17H26FN3/c1-2-8-20-9-11-21(12-10-20)17-5-3-4-16(18)15(17)13-19-14-6-7-14/h3-5,14,19H,2,6-13H2,1H3. The van der Waals surface area contributed by atoms with Crippen molar-refractivity contribution in [2.24, 2.45) is 0 Å². The van der Waals surface area contributed by atoms with Gasteiger partial charge in [0.05, 0.1) is 0 Å². The lowest BCUT2D eigenvalue weighted by Crippen LogP contribution is -2.47. The number of hydrogen-bond acceptors (Lipinski definition) is 3. The maximum atomic E-state index is 14.2. The Morgan fingerprint density at radius 2 is 1.95 bits per heavy atom. The van der Waals surface area contributed by atoms with E-state index in [0.29, 0.717) is 12.6 Å². The second-order valence-electron chi connectivity index (χ2n) is 6.22. The van der Waals surface area contributed by atoms with Crippen LogP contribution in [0.5, 0.6) is 0 Å². The van der Waals surface area contributed by atoms with Gasteiger partial charge in [-0.15, -0.1) is 0 Å². The second kappa shape index (κ2) is 6.75. The molecule has 116 valence electrons. The van der Waals surface area contributed by atoms with Crippen LogP contribution in [0.4, 0.5) is 10.1 Å². The van der Waals surface area contributed by atoms with E-state index < -0.39 is 0 Å². The Morgan fingerprint density at radius 1 is 1.19 bits per heavy atom. The van der Waals surface area contributed by atoms with Crippen molar-refractivity contribution in [3.8, 4) is 0 Å². The minimum Gasteiger partial charge on any atom is -0.369 e. The van der Waals surface area contributed by atoms with Gasteiger partial charge in [-0.05, 0) is 37.9 Å². The minimum absolute atomic E-state index is 0.0726. The third-order valence-corrected chi connectivity index (χ3v) is 4.49. The molecule has 21 heavy (non-hydrogen) atoms. The van der Waals surface area contributed by atoms with Gasteiger partial charge in [0.15, 0.2) is 0 Å². The molecule has 0 aromatic heterocycles. The number of rotatable bonds is 6. The fourth-order valence-electron chi connectivity index (χ4n) is 3.08. The largest absolute Gasteiger partial charge is 0.369 e. The minimum atomic E-state index is -0.0726. The number of anilines is 1. The van der Waals surface area contributed by atoms with Crippen LogP contribution in [0, 0.1) is 5.82 Å². The van der Waals surface area contributed by atoms with Gasteiger partial charge in [-0.1, -0.05) is 13.0 Å². The van der Waals surface area contributed by atoms with E-state index in [0.717, 1.165) is 37.4 Å². The Kier molecular flexibility index (Phi) is 4.76. The van der Waals surface area contributed by atoms with Gasteiger partial charge < -0.3 is 10.2 Å². The molecule has 0 atom stereocenters. The average Bonchev–Trinajstić information content (AvgIpc) is 3.31. The predicted octanol–water partition coefficient (Wildman–Crippen LogP) is 2.61. The first kappa shape index (κ1) is 14.8. The van der Waals surface area contributed by atoms with Crippen LogP contribution in [0.1, 0.15) is 31.7 Å². The molecule has 1 saturated heterocycles. The molecule has 1 N–H and O–H groups in total. The maximum absolute atomic E-state index is 14.2. The molecule has 1 aromatic rings. The quantitative estimate of drug-likeness (QED) is 0.869. The highest BCUT2D eigenvalue weighted by molar-refractivity contribution is 5.54. The summed E-state index contributed by atoms with van der Waals surface area (Å²) in [5, 5.41) is 3.45. The molecule has 0 amide bonds. The molecular formula is C17H26FN3. The van der Waals surface area contributed by atoms with E-state index in [9.17, 15) is 4.39 Å². The molecule has 2 fully saturated rings. The van der Waals surface area contributed by atoms with Crippen molar-refractivity contribution < 1.29 is 4.39 Å². The van der Waals surface area contributed by atoms with Gasteiger partial charge in [0.2, 0.25) is 0 Å². The molecule has 0 unspecified atom stereocenters. The molecule has 3 rings (SSSR count). The lowest BCUT2D eigenvalue weighted by Gasteiger charge is -2.37. The van der Waals surface area contributed by atoms with E-state index in [-0.39, 0.29) is 5.82 Å². The molecule has 1 aliphatic carbocycles. The molecule has 1 heterocycles. The average molecular weight is 291 g/mol. The van der Waals surface area contributed by atoms with Gasteiger partial charge >= 0.3 is 0 Å². The van der Waals surface area contributed by atoms with Crippen LogP contribution in [0.2, 0.25) is 0 Å². The summed E-state index contributed by atoms with van der Waals surface area (Å²) in [6.45, 7) is 8.22. The van der Waals surface area contributed by atoms with Crippen LogP contribution in [0.25, 0.3) is 0 Å². The van der Waals surface area contributed by atoms with Gasteiger partial charge in [0.1, 0.15) is 5.82 Å². The normalized spacial score (nSPS) is 20.0. The Morgan fingerprint density at radius 3 is 2.62 bits per heavy atom. The molecule has 1 aromatic carbocycles. The molecule has 0 spiro atoms. The lowest BCUT2D eigenvalue weighted by atomic mass is 10.1. The van der Waals surface area contributed by atoms with E-state index in [1.807, 2.05) is 6.07 Å². The van der Waals surface area contributed by atoms with Crippen molar-refractivity contribution >= 4 is 5.69 Å². The van der Waals surface area contributed by atoms with E-state index in [1.165, 1.54) is 25.8 Å². The first-order valence-corrected chi connectivity index (χ1v) is 8.26. The summed E-state index contributed by atoms with van der Waals surface area (Å²) >= 11 is 0. The SMILES string of the molecule is CCCN1CCN(c2cccc(F)c2CNC2CC2)CC1. The number of piperazine rings is 1. The van der Waals surface area contributed by atoms with Crippen LogP contribution < -0.4 is 10.2 Å². The zero-order valence-corrected chi connectivity index (χ0v) is 12.9. The summed E-state index contributed by atoms with van der Waals surface area (Å²) in [5.41, 5.74) is 1.92. The number of benzene rings is 1. The summed E-state index contributed by atoms with van der Waals surface area (Å²) in [4.78, 5) is 4.84. The summed E-state index contributed by atoms with van der Waals surface area (Å²) in [6, 6.07) is 6.10. The van der Waals surface area contributed by atoms with Crippen molar-refractivity contribution in [3.05, 3.63) is 29.6 Å². The van der Waals surface area contributed by atoms with Crippen molar-refractivity contribution in [1.82, 2.24) is 10.2 Å². The summed E-state index contributed by atoms with van der Waals surface area (Å²) in [5.74, 6) is -0.0726. The van der Waals surface area contributed by atoms with Gasteiger partial charge in [0.25, 0.3) is 0 Å². The molecule has 3 nitrogen and oxygen atoms in total. The van der Waals surface area contributed by atoms with E-state index in [1.54, 1.807) is 6.07 Å². The third kappa shape index (κ3) is 3.74. The topological polar surface area (TPSA) is 18.5 Å². The maximum Gasteiger partial charge on any atom is 0.129 e. The Balaban J connectivity index is 1.67. The number of nitrogens with zero attached hydrogens (tertiary/aromatic N) is 2. The van der Waals surface area contributed by atoms with Crippen LogP contribution in [-0.2, 0) is 6.54 Å². The van der Waals surface area contributed by atoms with E-state index in [4.69, 9.17) is 0 Å². The zero-order valence-electron chi connectivity index (χ0n) is 12.9. The predicted molar refractivity (Wildman–Crippen MR) is 85.2 cm³/mol. The number of halogens is 1. The van der Waals surface area contributed by atoms with Crippen molar-refractivity contribution in [3.63, 3.8) is 0 Å². The summed E-state index contributed by atoms with van der Waals surface area (Å²) in [7, 11) is 0. The summed E-state index contributed by atoms with van der Waals surface area (Å²) < 4.78 is 14.2. The molecule has 4 heteroatoms. The van der Waals surface area contributed by atoms with Gasteiger partial charge in [0, 0.05) is 50.0 Å².